The Morgan fingerprint density at radius 1 is 1.17 bits per heavy atom. The van der Waals surface area contributed by atoms with Crippen LogP contribution >= 0.6 is 0 Å². The predicted molar refractivity (Wildman–Crippen MR) is 53.0 cm³/mol. The van der Waals surface area contributed by atoms with E-state index >= 15 is 0 Å². The van der Waals surface area contributed by atoms with E-state index in [0.29, 0.717) is 11.8 Å². The van der Waals surface area contributed by atoms with Gasteiger partial charge in [-0.1, -0.05) is 0 Å². The molecule has 0 bridgehead atoms. The van der Waals surface area contributed by atoms with Crippen LogP contribution in [0, 0.1) is 11.8 Å². The molecule has 0 saturated heterocycles. The van der Waals surface area contributed by atoms with Crippen LogP contribution in [0.3, 0.4) is 0 Å². The second kappa shape index (κ2) is 6.54. The van der Waals surface area contributed by atoms with Crippen LogP contribution in [0.4, 0.5) is 0 Å². The quantitative estimate of drug-likeness (QED) is 0.693. The number of rotatable bonds is 4. The summed E-state index contributed by atoms with van der Waals surface area (Å²) in [7, 11) is 0. The minimum atomic E-state index is 0.652. The maximum atomic E-state index is 2.26. The van der Waals surface area contributed by atoms with Crippen LogP contribution in [-0.2, 0) is 19.4 Å². The predicted octanol–water partition coefficient (Wildman–Crippen LogP) is 3.13. The van der Waals surface area contributed by atoms with Crippen molar-refractivity contribution in [2.24, 2.45) is 11.8 Å². The Kier molecular flexibility index (Phi) is 6.56. The van der Waals surface area contributed by atoms with E-state index in [2.05, 4.69) is 50.3 Å². The van der Waals surface area contributed by atoms with Crippen molar-refractivity contribution in [3.63, 3.8) is 0 Å². The molecule has 0 aromatic heterocycles. The Bertz CT molecular complexity index is 185. The number of hydrogen-bond donors (Lipinski definition) is 0. The Balaban J connectivity index is 4.21. The average Bonchev–Trinajstić information content (AvgIpc) is 1.96. The summed E-state index contributed by atoms with van der Waals surface area (Å²) in [5, 5.41) is 0. The molecule has 0 aromatic carbocycles. The first-order valence-electron chi connectivity index (χ1n) is 4.41. The summed E-state index contributed by atoms with van der Waals surface area (Å²) in [4.78, 5) is 0. The topological polar surface area (TPSA) is 0 Å². The van der Waals surface area contributed by atoms with E-state index in [9.17, 15) is 0 Å². The van der Waals surface area contributed by atoms with Gasteiger partial charge in [0.25, 0.3) is 0 Å². The fourth-order valence-corrected chi connectivity index (χ4v) is 2.02. The molecule has 0 heterocycles. The Labute approximate surface area is 87.2 Å². The van der Waals surface area contributed by atoms with Gasteiger partial charge >= 0.3 is 87.1 Å². The van der Waals surface area contributed by atoms with Gasteiger partial charge in [-0.3, -0.25) is 0 Å². The standard InChI is InChI=1S/C11H18.W/c1-9(2)7-6-8-11(5)10(3)4;/h5-10H,1-4H3;/b7-6?,11-8+;. The van der Waals surface area contributed by atoms with Crippen molar-refractivity contribution >= 4 is 4.40 Å². The second-order valence-corrected chi connectivity index (χ2v) is 4.41. The molecule has 12 heavy (non-hydrogen) atoms. The van der Waals surface area contributed by atoms with Crippen LogP contribution in [0.1, 0.15) is 27.7 Å². The van der Waals surface area contributed by atoms with Gasteiger partial charge in [0.1, 0.15) is 0 Å². The van der Waals surface area contributed by atoms with Gasteiger partial charge in [0.05, 0.1) is 0 Å². The molecule has 0 amide bonds. The van der Waals surface area contributed by atoms with Crippen LogP contribution < -0.4 is 0 Å². The zero-order chi connectivity index (χ0) is 9.56. The van der Waals surface area contributed by atoms with E-state index in [1.54, 1.807) is 0 Å². The van der Waals surface area contributed by atoms with Gasteiger partial charge in [-0.25, -0.2) is 0 Å². The molecule has 0 aliphatic rings. The summed E-state index contributed by atoms with van der Waals surface area (Å²) in [5.41, 5.74) is 1.45. The van der Waals surface area contributed by atoms with E-state index < -0.39 is 0 Å². The van der Waals surface area contributed by atoms with Crippen LogP contribution in [0.15, 0.2) is 23.8 Å². The van der Waals surface area contributed by atoms with Crippen molar-refractivity contribution in [2.45, 2.75) is 27.7 Å². The molecular weight excluding hydrogens is 316 g/mol. The monoisotopic (exact) mass is 334 g/mol. The summed E-state index contributed by atoms with van der Waals surface area (Å²) in [5.74, 6) is 1.30. The Hall–Kier alpha value is 0.0383. The van der Waals surface area contributed by atoms with Crippen LogP contribution in [0.25, 0.3) is 0 Å². The molecule has 0 N–H and O–H groups in total. The van der Waals surface area contributed by atoms with E-state index in [-0.39, 0.29) is 0 Å². The van der Waals surface area contributed by atoms with Gasteiger partial charge < -0.3 is 0 Å². The second-order valence-electron chi connectivity index (χ2n) is 3.57. The normalized spacial score (nSPS) is 13.3. The Morgan fingerprint density at radius 2 is 1.75 bits per heavy atom. The third-order valence-electron chi connectivity index (χ3n) is 1.59. The summed E-state index contributed by atoms with van der Waals surface area (Å²) < 4.78 is 2.26. The summed E-state index contributed by atoms with van der Waals surface area (Å²) in [6.45, 7) is 8.85. The first-order valence-corrected chi connectivity index (χ1v) is 6.10. The molecule has 0 aliphatic heterocycles. The van der Waals surface area contributed by atoms with Crippen molar-refractivity contribution in [1.82, 2.24) is 0 Å². The summed E-state index contributed by atoms with van der Waals surface area (Å²) in [6.07, 6.45) is 6.61. The average molecular weight is 334 g/mol. The molecule has 0 saturated carbocycles. The van der Waals surface area contributed by atoms with Gasteiger partial charge in [-0.15, -0.1) is 0 Å². The van der Waals surface area contributed by atoms with Crippen molar-refractivity contribution in [3.8, 4) is 0 Å². The molecule has 0 radical (unpaired) electrons. The fourth-order valence-electron chi connectivity index (χ4n) is 0.757. The van der Waals surface area contributed by atoms with Gasteiger partial charge in [0.15, 0.2) is 0 Å². The van der Waals surface area contributed by atoms with Crippen molar-refractivity contribution in [3.05, 3.63) is 23.8 Å². The van der Waals surface area contributed by atoms with Crippen LogP contribution in [-0.4, -0.2) is 4.40 Å². The van der Waals surface area contributed by atoms with E-state index in [1.807, 2.05) is 0 Å². The molecule has 0 nitrogen and oxygen atoms in total. The summed E-state index contributed by atoms with van der Waals surface area (Å²) >= 11 is 1.53. The van der Waals surface area contributed by atoms with Gasteiger partial charge in [-0.05, 0) is 0 Å². The molecular formula is C11H18W. The van der Waals surface area contributed by atoms with Crippen molar-refractivity contribution in [1.29, 1.82) is 0 Å². The maximum absolute atomic E-state index is 2.26. The van der Waals surface area contributed by atoms with Gasteiger partial charge in [0.2, 0.25) is 0 Å². The first-order chi connectivity index (χ1) is 5.57. The molecule has 0 fully saturated rings. The molecule has 0 aromatic rings. The third-order valence-corrected chi connectivity index (χ3v) is 2.57. The zero-order valence-corrected chi connectivity index (χ0v) is 11.3. The molecule has 0 aliphatic carbocycles. The van der Waals surface area contributed by atoms with Crippen molar-refractivity contribution in [2.75, 3.05) is 0 Å². The van der Waals surface area contributed by atoms with Crippen molar-refractivity contribution < 1.29 is 19.4 Å². The van der Waals surface area contributed by atoms with E-state index in [1.165, 1.54) is 24.9 Å². The SMILES string of the molecule is CC(C)C=C/C=C(\[CH]=[W])C(C)C. The van der Waals surface area contributed by atoms with Crippen LogP contribution in [0.5, 0.6) is 0 Å². The number of hydrogen-bond acceptors (Lipinski definition) is 0. The Morgan fingerprint density at radius 3 is 2.08 bits per heavy atom. The molecule has 0 unspecified atom stereocenters. The number of allylic oxidation sites excluding steroid dienone is 4. The van der Waals surface area contributed by atoms with Gasteiger partial charge in [-0.2, -0.15) is 0 Å². The van der Waals surface area contributed by atoms with Gasteiger partial charge in [0, 0.05) is 0 Å². The van der Waals surface area contributed by atoms with E-state index in [4.69, 9.17) is 0 Å². The molecule has 68 valence electrons. The molecule has 1 heteroatoms. The fraction of sp³-hybridized carbons (Fsp3) is 0.545. The van der Waals surface area contributed by atoms with Crippen LogP contribution in [0.2, 0.25) is 0 Å². The van der Waals surface area contributed by atoms with E-state index in [0.717, 1.165) is 0 Å². The zero-order valence-electron chi connectivity index (χ0n) is 8.37. The summed E-state index contributed by atoms with van der Waals surface area (Å²) in [6, 6.07) is 0. The third kappa shape index (κ3) is 5.66. The molecule has 0 rings (SSSR count). The first kappa shape index (κ1) is 12.0. The molecule has 0 atom stereocenters. The molecule has 0 spiro atoms. The minimum absolute atomic E-state index is 0.652.